The van der Waals surface area contributed by atoms with Gasteiger partial charge in [-0.2, -0.15) is 0 Å². The van der Waals surface area contributed by atoms with Crippen LogP contribution in [0.25, 0.3) is 0 Å². The molecule has 5 heteroatoms. The summed E-state index contributed by atoms with van der Waals surface area (Å²) >= 11 is 0. The fourth-order valence-electron chi connectivity index (χ4n) is 5.27. The van der Waals surface area contributed by atoms with Gasteiger partial charge < -0.3 is 0 Å². The van der Waals surface area contributed by atoms with Gasteiger partial charge in [0.1, 0.15) is 0 Å². The lowest BCUT2D eigenvalue weighted by Crippen LogP contribution is -2.50. The van der Waals surface area contributed by atoms with Crippen molar-refractivity contribution in [2.75, 3.05) is 0 Å². The van der Waals surface area contributed by atoms with E-state index in [1.54, 1.807) is 5.56 Å². The van der Waals surface area contributed by atoms with Gasteiger partial charge in [-0.25, -0.2) is 0 Å². The number of nitrogens with zero attached hydrogens (tertiary/aromatic N) is 1. The summed E-state index contributed by atoms with van der Waals surface area (Å²) in [5.41, 5.74) is 3.12. The van der Waals surface area contributed by atoms with Crippen LogP contribution < -0.4 is 0 Å². The molecular weight excluding hydrogens is 355 g/mol. The van der Waals surface area contributed by atoms with Crippen molar-refractivity contribution in [2.24, 2.45) is 0 Å². The van der Waals surface area contributed by atoms with Crippen molar-refractivity contribution >= 4 is 32.3 Å². The highest BCUT2D eigenvalue weighted by atomic mass is 28.4. The predicted octanol–water partition coefficient (Wildman–Crippen LogP) is 6.76. The second-order valence-electron chi connectivity index (χ2n) is 11.8. The summed E-state index contributed by atoms with van der Waals surface area (Å²) in [6.07, 6.45) is 2.05. The molecule has 1 aromatic heterocycles. The first-order valence-electron chi connectivity index (χ1n) is 9.42. The summed E-state index contributed by atoms with van der Waals surface area (Å²) in [5.74, 6) is 0. The van der Waals surface area contributed by atoms with E-state index in [9.17, 15) is 0 Å². The van der Waals surface area contributed by atoms with E-state index in [1.807, 2.05) is 0 Å². The molecule has 1 aromatic rings. The SMILES string of the molecule is C[Si](C)(C)C(c1cccnc1C([Si](C)(C)C)[Si](C)(C)C)[Si](C)(C)C. The van der Waals surface area contributed by atoms with Crippen LogP contribution in [0.3, 0.4) is 0 Å². The van der Waals surface area contributed by atoms with Gasteiger partial charge in [0.2, 0.25) is 0 Å². The van der Waals surface area contributed by atoms with Crippen LogP contribution in [0.5, 0.6) is 0 Å². The third kappa shape index (κ3) is 5.26. The maximum atomic E-state index is 5.07. The zero-order valence-corrected chi connectivity index (χ0v) is 22.3. The molecule has 0 saturated heterocycles. The Labute approximate surface area is 155 Å². The summed E-state index contributed by atoms with van der Waals surface area (Å²) in [7, 11) is -5.27. The number of rotatable bonds is 6. The first-order chi connectivity index (χ1) is 10.5. The van der Waals surface area contributed by atoms with Gasteiger partial charge in [0.25, 0.3) is 0 Å². The van der Waals surface area contributed by atoms with Crippen LogP contribution in [0.1, 0.15) is 21.6 Å². The van der Waals surface area contributed by atoms with Crippen molar-refractivity contribution < 1.29 is 0 Å². The molecule has 0 fully saturated rings. The van der Waals surface area contributed by atoms with Crippen molar-refractivity contribution in [3.8, 4) is 0 Å². The van der Waals surface area contributed by atoms with Crippen LogP contribution in [0.2, 0.25) is 78.6 Å². The van der Waals surface area contributed by atoms with E-state index in [4.69, 9.17) is 4.98 Å². The fraction of sp³-hybridized carbons (Fsp3) is 0.737. The minimum Gasteiger partial charge on any atom is -0.261 e. The summed E-state index contributed by atoms with van der Waals surface area (Å²) < 4.78 is 0. The minimum atomic E-state index is -1.33. The molecule has 0 N–H and O–H groups in total. The molecule has 0 unspecified atom stereocenters. The molecule has 0 radical (unpaired) electrons. The Kier molecular flexibility index (Phi) is 6.40. The summed E-state index contributed by atoms with van der Waals surface area (Å²) in [5, 5.41) is 1.51. The van der Waals surface area contributed by atoms with E-state index >= 15 is 0 Å². The van der Waals surface area contributed by atoms with Crippen LogP contribution in [0.15, 0.2) is 18.3 Å². The van der Waals surface area contributed by atoms with Gasteiger partial charge in [-0.15, -0.1) is 0 Å². The standard InChI is InChI=1S/C19H41NSi4/c1-21(2,3)18(22(4,5)6)16-14-13-15-20-17(16)19(23(7,8)9)24(10,11)12/h13-15,18-19H,1-12H3. The lowest BCUT2D eigenvalue weighted by molar-refractivity contribution is 0.995. The number of hydrogen-bond donors (Lipinski definition) is 0. The first kappa shape index (κ1) is 22.1. The lowest BCUT2D eigenvalue weighted by Gasteiger charge is -2.44. The maximum Gasteiger partial charge on any atom is 0.0513 e. The first-order valence-corrected chi connectivity index (χ1v) is 23.7. The average Bonchev–Trinajstić information content (AvgIpc) is 2.23. The Hall–Kier alpha value is 0.0175. The lowest BCUT2D eigenvalue weighted by atomic mass is 10.2. The molecule has 0 bridgehead atoms. The molecule has 0 spiro atoms. The van der Waals surface area contributed by atoms with E-state index < -0.39 is 32.3 Å². The molecule has 138 valence electrons. The second-order valence-corrected chi connectivity index (χ2v) is 34.2. The summed E-state index contributed by atoms with van der Waals surface area (Å²) in [4.78, 5) is 5.07. The quantitative estimate of drug-likeness (QED) is 0.485. The zero-order chi connectivity index (χ0) is 19.1. The third-order valence-electron chi connectivity index (χ3n) is 4.92. The molecule has 1 rings (SSSR count). The van der Waals surface area contributed by atoms with Crippen molar-refractivity contribution in [1.82, 2.24) is 4.98 Å². The fourth-order valence-corrected chi connectivity index (χ4v) is 30.5. The second kappa shape index (κ2) is 6.97. The predicted molar refractivity (Wildman–Crippen MR) is 123 cm³/mol. The molecule has 24 heavy (non-hydrogen) atoms. The number of hydrogen-bond acceptors (Lipinski definition) is 1. The van der Waals surface area contributed by atoms with Crippen LogP contribution >= 0.6 is 0 Å². The topological polar surface area (TPSA) is 12.9 Å². The van der Waals surface area contributed by atoms with Crippen molar-refractivity contribution in [3.05, 3.63) is 29.6 Å². The molecule has 0 aliphatic carbocycles. The monoisotopic (exact) mass is 395 g/mol. The van der Waals surface area contributed by atoms with Gasteiger partial charge in [-0.3, -0.25) is 4.98 Å². The van der Waals surface area contributed by atoms with E-state index in [0.29, 0.717) is 0 Å². The van der Waals surface area contributed by atoms with Crippen molar-refractivity contribution in [2.45, 2.75) is 88.9 Å². The highest BCUT2D eigenvalue weighted by Gasteiger charge is 2.45. The molecule has 0 aliphatic rings. The zero-order valence-electron chi connectivity index (χ0n) is 18.3. The Morgan fingerprint density at radius 1 is 0.625 bits per heavy atom. The third-order valence-corrected chi connectivity index (χ3v) is 23.4. The normalized spacial score (nSPS) is 14.6. The Morgan fingerprint density at radius 2 is 1.00 bits per heavy atom. The molecule has 0 aromatic carbocycles. The Morgan fingerprint density at radius 3 is 1.33 bits per heavy atom. The molecule has 0 amide bonds. The molecular formula is C19H41NSi4. The van der Waals surface area contributed by atoms with Crippen molar-refractivity contribution in [3.63, 3.8) is 0 Å². The Balaban J connectivity index is 3.71. The highest BCUT2D eigenvalue weighted by molar-refractivity contribution is 6.97. The average molecular weight is 396 g/mol. The van der Waals surface area contributed by atoms with Gasteiger partial charge in [0, 0.05) is 28.0 Å². The summed E-state index contributed by atoms with van der Waals surface area (Å²) in [6.45, 7) is 30.6. The molecule has 0 atom stereocenters. The van der Waals surface area contributed by atoms with Crippen LogP contribution in [-0.4, -0.2) is 37.3 Å². The van der Waals surface area contributed by atoms with E-state index in [-0.39, 0.29) is 0 Å². The summed E-state index contributed by atoms with van der Waals surface area (Å²) in [6, 6.07) is 4.63. The van der Waals surface area contributed by atoms with Gasteiger partial charge in [0.15, 0.2) is 0 Å². The molecule has 1 nitrogen and oxygen atoms in total. The molecule has 0 aliphatic heterocycles. The van der Waals surface area contributed by atoms with E-state index in [2.05, 4.69) is 96.9 Å². The largest absolute Gasteiger partial charge is 0.261 e. The van der Waals surface area contributed by atoms with Crippen LogP contribution in [0, 0.1) is 0 Å². The molecule has 1 heterocycles. The smallest absolute Gasteiger partial charge is 0.0513 e. The minimum absolute atomic E-state index is 0.733. The van der Waals surface area contributed by atoms with Gasteiger partial charge in [0.05, 0.1) is 16.1 Å². The van der Waals surface area contributed by atoms with Crippen LogP contribution in [0.4, 0.5) is 0 Å². The van der Waals surface area contributed by atoms with Gasteiger partial charge in [-0.05, 0) is 22.0 Å². The van der Waals surface area contributed by atoms with E-state index in [1.165, 1.54) is 5.69 Å². The van der Waals surface area contributed by atoms with Crippen molar-refractivity contribution in [1.29, 1.82) is 0 Å². The Bertz CT molecular complexity index is 477. The van der Waals surface area contributed by atoms with Gasteiger partial charge in [-0.1, -0.05) is 84.6 Å². The maximum absolute atomic E-state index is 5.07. The highest BCUT2D eigenvalue weighted by Crippen LogP contribution is 2.43. The van der Waals surface area contributed by atoms with Crippen LogP contribution in [-0.2, 0) is 0 Å². The van der Waals surface area contributed by atoms with E-state index in [0.717, 1.165) is 10.3 Å². The number of pyridine rings is 1. The molecule has 0 saturated carbocycles. The van der Waals surface area contributed by atoms with Gasteiger partial charge >= 0.3 is 0 Å². The number of aromatic nitrogens is 1.